The molecule has 0 atom stereocenters. The Morgan fingerprint density at radius 3 is 2.20 bits per heavy atom. The summed E-state index contributed by atoms with van der Waals surface area (Å²) in [6.45, 7) is 3.70. The van der Waals surface area contributed by atoms with Crippen molar-refractivity contribution >= 4 is 43.5 Å². The maximum atomic E-state index is 6.05. The van der Waals surface area contributed by atoms with Crippen LogP contribution in [0.1, 0.15) is 11.4 Å². The zero-order chi connectivity index (χ0) is 14.9. The van der Waals surface area contributed by atoms with Crippen molar-refractivity contribution in [2.45, 2.75) is 13.8 Å². The molecule has 0 aliphatic carbocycles. The smallest absolute Gasteiger partial charge is 0.257 e. The molecule has 0 radical (unpaired) electrons. The predicted octanol–water partition coefficient (Wildman–Crippen LogP) is 5.07. The number of methoxy groups -OCH3 is 1. The van der Waals surface area contributed by atoms with Crippen molar-refractivity contribution < 1.29 is 9.47 Å². The number of aryl methyl sites for hydroxylation is 2. The second-order valence-electron chi connectivity index (χ2n) is 4.01. The monoisotopic (exact) mass is 420 g/mol. The first-order valence-corrected chi connectivity index (χ1v) is 7.60. The molecule has 0 saturated carbocycles. The molecule has 2 rings (SSSR count). The number of halogens is 3. The van der Waals surface area contributed by atoms with Gasteiger partial charge in [0.05, 0.1) is 27.4 Å². The zero-order valence-electron chi connectivity index (χ0n) is 11.0. The number of ether oxygens (including phenoxy) is 2. The zero-order valence-corrected chi connectivity index (χ0v) is 14.9. The fourth-order valence-corrected chi connectivity index (χ4v) is 2.56. The molecule has 0 fully saturated rings. The molecule has 2 aromatic rings. The maximum Gasteiger partial charge on any atom is 0.257 e. The third-order valence-electron chi connectivity index (χ3n) is 2.65. The van der Waals surface area contributed by atoms with E-state index in [1.54, 1.807) is 19.2 Å². The molecule has 0 spiro atoms. The van der Waals surface area contributed by atoms with Gasteiger partial charge in [-0.3, -0.25) is 0 Å². The molecule has 0 bridgehead atoms. The van der Waals surface area contributed by atoms with E-state index in [4.69, 9.17) is 21.1 Å². The minimum absolute atomic E-state index is 0.229. The summed E-state index contributed by atoms with van der Waals surface area (Å²) >= 11 is 12.9. The molecule has 1 aromatic heterocycles. The van der Waals surface area contributed by atoms with Crippen LogP contribution in [0.5, 0.6) is 17.4 Å². The lowest BCUT2D eigenvalue weighted by Gasteiger charge is -2.11. The topological polar surface area (TPSA) is 44.2 Å². The van der Waals surface area contributed by atoms with Gasteiger partial charge in [-0.1, -0.05) is 11.6 Å². The fourth-order valence-electron chi connectivity index (χ4n) is 1.47. The SMILES string of the molecule is COc1cc(Br)c(Oc2nc(C)c(C)nc2Cl)cc1Br. The average molecular weight is 423 g/mol. The first kappa shape index (κ1) is 15.5. The van der Waals surface area contributed by atoms with Gasteiger partial charge in [0.15, 0.2) is 5.15 Å². The summed E-state index contributed by atoms with van der Waals surface area (Å²) in [5.74, 6) is 1.53. The van der Waals surface area contributed by atoms with Gasteiger partial charge in [-0.25, -0.2) is 9.97 Å². The van der Waals surface area contributed by atoms with Gasteiger partial charge in [0.2, 0.25) is 0 Å². The molecule has 0 amide bonds. The van der Waals surface area contributed by atoms with Gasteiger partial charge in [0, 0.05) is 0 Å². The van der Waals surface area contributed by atoms with Crippen LogP contribution >= 0.6 is 43.5 Å². The number of rotatable bonds is 3. The van der Waals surface area contributed by atoms with Crippen LogP contribution in [0.15, 0.2) is 21.1 Å². The standard InChI is InChI=1S/C13H11Br2ClN2O2/c1-6-7(2)18-13(12(16)17-6)20-11-5-8(14)10(19-3)4-9(11)15/h4-5H,1-3H3. The first-order valence-electron chi connectivity index (χ1n) is 5.64. The van der Waals surface area contributed by atoms with E-state index in [0.717, 1.165) is 20.3 Å². The Labute approximate surface area is 138 Å². The molecule has 7 heteroatoms. The van der Waals surface area contributed by atoms with E-state index in [9.17, 15) is 0 Å². The summed E-state index contributed by atoms with van der Waals surface area (Å²) in [4.78, 5) is 8.48. The van der Waals surface area contributed by atoms with Gasteiger partial charge in [-0.15, -0.1) is 0 Å². The number of hydrogen-bond donors (Lipinski definition) is 0. The third-order valence-corrected chi connectivity index (χ3v) is 4.13. The van der Waals surface area contributed by atoms with Crippen molar-refractivity contribution in [1.82, 2.24) is 9.97 Å². The Morgan fingerprint density at radius 1 is 1.00 bits per heavy atom. The second kappa shape index (κ2) is 6.28. The van der Waals surface area contributed by atoms with Crippen molar-refractivity contribution in [3.05, 3.63) is 37.6 Å². The molecule has 0 unspecified atom stereocenters. The highest BCUT2D eigenvalue weighted by molar-refractivity contribution is 9.11. The molecule has 4 nitrogen and oxygen atoms in total. The summed E-state index contributed by atoms with van der Waals surface area (Å²) in [5.41, 5.74) is 1.55. The lowest BCUT2D eigenvalue weighted by atomic mass is 10.3. The lowest BCUT2D eigenvalue weighted by molar-refractivity contribution is 0.408. The van der Waals surface area contributed by atoms with Crippen molar-refractivity contribution in [2.24, 2.45) is 0 Å². The van der Waals surface area contributed by atoms with E-state index in [1.165, 1.54) is 0 Å². The van der Waals surface area contributed by atoms with E-state index in [2.05, 4.69) is 41.8 Å². The van der Waals surface area contributed by atoms with Crippen molar-refractivity contribution in [3.8, 4) is 17.4 Å². The van der Waals surface area contributed by atoms with Crippen molar-refractivity contribution in [2.75, 3.05) is 7.11 Å². The van der Waals surface area contributed by atoms with E-state index >= 15 is 0 Å². The Morgan fingerprint density at radius 2 is 1.55 bits per heavy atom. The van der Waals surface area contributed by atoms with Crippen LogP contribution < -0.4 is 9.47 Å². The molecular formula is C13H11Br2ClN2O2. The fraction of sp³-hybridized carbons (Fsp3) is 0.231. The van der Waals surface area contributed by atoms with Gasteiger partial charge in [0.1, 0.15) is 11.5 Å². The summed E-state index contributed by atoms with van der Waals surface area (Å²) in [5, 5.41) is 0.229. The summed E-state index contributed by atoms with van der Waals surface area (Å²) in [7, 11) is 1.60. The number of nitrogens with zero attached hydrogens (tertiary/aromatic N) is 2. The van der Waals surface area contributed by atoms with Gasteiger partial charge in [0.25, 0.3) is 5.88 Å². The molecule has 0 N–H and O–H groups in total. The summed E-state index contributed by atoms with van der Waals surface area (Å²) in [6, 6.07) is 3.57. The molecule has 0 aliphatic rings. The molecule has 20 heavy (non-hydrogen) atoms. The van der Waals surface area contributed by atoms with Crippen LogP contribution in [0.25, 0.3) is 0 Å². The minimum atomic E-state index is 0.229. The Kier molecular flexibility index (Phi) is 4.88. The highest BCUT2D eigenvalue weighted by Gasteiger charge is 2.13. The first-order chi connectivity index (χ1) is 9.42. The molecular weight excluding hydrogens is 411 g/mol. The van der Waals surface area contributed by atoms with Crippen LogP contribution in [-0.4, -0.2) is 17.1 Å². The Balaban J connectivity index is 2.40. The molecule has 0 aliphatic heterocycles. The Bertz CT molecular complexity index is 665. The van der Waals surface area contributed by atoms with Gasteiger partial charge in [-0.2, -0.15) is 0 Å². The largest absolute Gasteiger partial charge is 0.496 e. The van der Waals surface area contributed by atoms with E-state index in [-0.39, 0.29) is 11.0 Å². The van der Waals surface area contributed by atoms with Gasteiger partial charge >= 0.3 is 0 Å². The molecule has 0 saturated heterocycles. The highest BCUT2D eigenvalue weighted by atomic mass is 79.9. The van der Waals surface area contributed by atoms with Crippen molar-refractivity contribution in [1.29, 1.82) is 0 Å². The maximum absolute atomic E-state index is 6.05. The average Bonchev–Trinajstić information content (AvgIpc) is 2.39. The molecule has 1 heterocycles. The molecule has 106 valence electrons. The van der Waals surface area contributed by atoms with Crippen LogP contribution in [0.2, 0.25) is 5.15 Å². The van der Waals surface area contributed by atoms with Crippen LogP contribution in [0, 0.1) is 13.8 Å². The third kappa shape index (κ3) is 3.24. The van der Waals surface area contributed by atoms with E-state index in [1.807, 2.05) is 13.8 Å². The van der Waals surface area contributed by atoms with E-state index in [0.29, 0.717) is 11.5 Å². The number of benzene rings is 1. The van der Waals surface area contributed by atoms with Crippen LogP contribution in [0.3, 0.4) is 0 Å². The van der Waals surface area contributed by atoms with Crippen molar-refractivity contribution in [3.63, 3.8) is 0 Å². The summed E-state index contributed by atoms with van der Waals surface area (Å²) in [6.07, 6.45) is 0. The quantitative estimate of drug-likeness (QED) is 0.693. The number of aromatic nitrogens is 2. The van der Waals surface area contributed by atoms with Crippen LogP contribution in [-0.2, 0) is 0 Å². The Hall–Kier alpha value is -0.850. The minimum Gasteiger partial charge on any atom is -0.496 e. The van der Waals surface area contributed by atoms with Gasteiger partial charge < -0.3 is 9.47 Å². The second-order valence-corrected chi connectivity index (χ2v) is 6.08. The molecule has 1 aromatic carbocycles. The van der Waals surface area contributed by atoms with Crippen LogP contribution in [0.4, 0.5) is 0 Å². The number of hydrogen-bond acceptors (Lipinski definition) is 4. The highest BCUT2D eigenvalue weighted by Crippen LogP contribution is 2.38. The predicted molar refractivity (Wildman–Crippen MR) is 85.0 cm³/mol. The summed E-state index contributed by atoms with van der Waals surface area (Å²) < 4.78 is 12.4. The normalized spacial score (nSPS) is 10.5. The van der Waals surface area contributed by atoms with Gasteiger partial charge in [-0.05, 0) is 57.8 Å². The lowest BCUT2D eigenvalue weighted by Crippen LogP contribution is -1.98. The van der Waals surface area contributed by atoms with E-state index < -0.39 is 0 Å².